The lowest BCUT2D eigenvalue weighted by atomic mass is 10.1. The minimum Gasteiger partial charge on any atom is -0.481 e. The summed E-state index contributed by atoms with van der Waals surface area (Å²) in [4.78, 5) is 27.0. The van der Waals surface area contributed by atoms with E-state index >= 15 is 0 Å². The molecule has 1 aliphatic rings. The molecule has 6 nitrogen and oxygen atoms in total. The Bertz CT molecular complexity index is 510. The lowest BCUT2D eigenvalue weighted by molar-refractivity contribution is -0.140. The van der Waals surface area contributed by atoms with Gasteiger partial charge in [0.2, 0.25) is 5.91 Å². The summed E-state index contributed by atoms with van der Waals surface area (Å²) in [6, 6.07) is -0.0817. The summed E-state index contributed by atoms with van der Waals surface area (Å²) in [5, 5.41) is 11.8. The number of nitrogens with one attached hydrogen (secondary N) is 1. The quantitative estimate of drug-likeness (QED) is 0.750. The molecule has 0 aliphatic heterocycles. The van der Waals surface area contributed by atoms with Crippen LogP contribution in [0, 0.1) is 5.92 Å². The highest BCUT2D eigenvalue weighted by molar-refractivity contribution is 5.78. The van der Waals surface area contributed by atoms with E-state index in [1.54, 1.807) is 24.7 Å². The number of aromatic nitrogens is 2. The average Bonchev–Trinajstić information content (AvgIpc) is 3.09. The Kier molecular flexibility index (Phi) is 5.14. The van der Waals surface area contributed by atoms with Crippen LogP contribution in [0.25, 0.3) is 0 Å². The Morgan fingerprint density at radius 3 is 2.86 bits per heavy atom. The van der Waals surface area contributed by atoms with Crippen molar-refractivity contribution in [1.82, 2.24) is 14.9 Å². The number of rotatable bonds is 7. The Balaban J connectivity index is 1.86. The first kappa shape index (κ1) is 15.3. The van der Waals surface area contributed by atoms with Crippen molar-refractivity contribution >= 4 is 11.9 Å². The van der Waals surface area contributed by atoms with Gasteiger partial charge < -0.3 is 15.0 Å². The third-order valence-corrected chi connectivity index (χ3v) is 3.74. The second-order valence-corrected chi connectivity index (χ2v) is 5.40. The van der Waals surface area contributed by atoms with Gasteiger partial charge in [-0.05, 0) is 12.8 Å². The van der Waals surface area contributed by atoms with E-state index in [2.05, 4.69) is 17.2 Å². The maximum Gasteiger partial charge on any atom is 0.310 e. The number of carboxylic acid groups (broad SMARTS) is 1. The summed E-state index contributed by atoms with van der Waals surface area (Å²) >= 11 is 0. The molecule has 1 aromatic rings. The first-order valence-electron chi connectivity index (χ1n) is 7.28. The molecule has 1 amide bonds. The van der Waals surface area contributed by atoms with Gasteiger partial charge in [-0.3, -0.25) is 9.59 Å². The van der Waals surface area contributed by atoms with Crippen LogP contribution in [0.1, 0.15) is 38.6 Å². The predicted octanol–water partition coefficient (Wildman–Crippen LogP) is 1.76. The van der Waals surface area contributed by atoms with E-state index < -0.39 is 11.9 Å². The summed E-state index contributed by atoms with van der Waals surface area (Å²) in [7, 11) is 0. The third kappa shape index (κ3) is 4.18. The van der Waals surface area contributed by atoms with Crippen LogP contribution >= 0.6 is 0 Å². The first-order valence-corrected chi connectivity index (χ1v) is 7.28. The van der Waals surface area contributed by atoms with Crippen molar-refractivity contribution in [2.45, 2.75) is 44.7 Å². The number of carbonyl (C=O) groups is 2. The zero-order valence-electron chi connectivity index (χ0n) is 12.1. The van der Waals surface area contributed by atoms with E-state index in [0.717, 1.165) is 12.8 Å². The minimum absolute atomic E-state index is 0.0529. The molecule has 2 N–H and O–H groups in total. The second kappa shape index (κ2) is 7.06. The lowest BCUT2D eigenvalue weighted by Gasteiger charge is -2.19. The van der Waals surface area contributed by atoms with Crippen LogP contribution in [-0.4, -0.2) is 32.6 Å². The van der Waals surface area contributed by atoms with Gasteiger partial charge in [0, 0.05) is 30.9 Å². The molecular weight excluding hydrogens is 270 g/mol. The Morgan fingerprint density at radius 2 is 2.29 bits per heavy atom. The molecule has 21 heavy (non-hydrogen) atoms. The number of amides is 1. The van der Waals surface area contributed by atoms with Gasteiger partial charge in [0.05, 0.1) is 12.2 Å². The number of imidazole rings is 1. The minimum atomic E-state index is -0.842. The maximum atomic E-state index is 12.1. The van der Waals surface area contributed by atoms with Gasteiger partial charge in [-0.15, -0.1) is 0 Å². The third-order valence-electron chi connectivity index (χ3n) is 3.74. The Hall–Kier alpha value is -2.11. The van der Waals surface area contributed by atoms with Crippen LogP contribution in [0.15, 0.2) is 30.9 Å². The maximum absolute atomic E-state index is 12.1. The highest BCUT2D eigenvalue weighted by Gasteiger charge is 2.26. The van der Waals surface area contributed by atoms with Crippen LogP contribution in [-0.2, 0) is 9.59 Å². The number of nitrogens with zero attached hydrogens (tertiary/aromatic N) is 2. The molecule has 6 heteroatoms. The van der Waals surface area contributed by atoms with Crippen LogP contribution in [0.2, 0.25) is 0 Å². The zero-order valence-corrected chi connectivity index (χ0v) is 12.1. The topological polar surface area (TPSA) is 84.2 Å². The van der Waals surface area contributed by atoms with Gasteiger partial charge in [0.15, 0.2) is 0 Å². The molecule has 0 bridgehead atoms. The van der Waals surface area contributed by atoms with E-state index in [0.29, 0.717) is 12.8 Å². The van der Waals surface area contributed by atoms with Crippen molar-refractivity contribution in [3.63, 3.8) is 0 Å². The average molecular weight is 291 g/mol. The molecule has 0 fully saturated rings. The molecule has 0 radical (unpaired) electrons. The van der Waals surface area contributed by atoms with Crippen molar-refractivity contribution in [2.75, 3.05) is 0 Å². The van der Waals surface area contributed by atoms with Crippen molar-refractivity contribution in [3.05, 3.63) is 30.9 Å². The van der Waals surface area contributed by atoms with Crippen LogP contribution < -0.4 is 5.32 Å². The number of carbonyl (C=O) groups excluding carboxylic acids is 1. The summed E-state index contributed by atoms with van der Waals surface area (Å²) in [5.41, 5.74) is 0. The molecular formula is C15H21N3O3. The largest absolute Gasteiger partial charge is 0.481 e. The van der Waals surface area contributed by atoms with Crippen molar-refractivity contribution in [2.24, 2.45) is 5.92 Å². The highest BCUT2D eigenvalue weighted by atomic mass is 16.4. The molecule has 2 rings (SSSR count). The van der Waals surface area contributed by atoms with Crippen molar-refractivity contribution in [3.8, 4) is 0 Å². The summed E-state index contributed by atoms with van der Waals surface area (Å²) in [6.07, 6.45) is 11.4. The number of carboxylic acids is 1. The zero-order chi connectivity index (χ0) is 15.2. The fraction of sp³-hybridized carbons (Fsp3) is 0.533. The van der Waals surface area contributed by atoms with Gasteiger partial charge in [0.1, 0.15) is 0 Å². The van der Waals surface area contributed by atoms with Crippen molar-refractivity contribution in [1.29, 1.82) is 0 Å². The molecule has 0 saturated heterocycles. The van der Waals surface area contributed by atoms with Crippen LogP contribution in [0.4, 0.5) is 0 Å². The smallest absolute Gasteiger partial charge is 0.310 e. The number of hydrogen-bond acceptors (Lipinski definition) is 3. The summed E-state index contributed by atoms with van der Waals surface area (Å²) < 4.78 is 1.95. The molecule has 1 heterocycles. The van der Waals surface area contributed by atoms with Gasteiger partial charge in [-0.1, -0.05) is 25.5 Å². The number of aliphatic carboxylic acids is 1. The molecule has 114 valence electrons. The van der Waals surface area contributed by atoms with Gasteiger partial charge in [-0.25, -0.2) is 4.98 Å². The summed E-state index contributed by atoms with van der Waals surface area (Å²) in [5.74, 6) is -1.39. The van der Waals surface area contributed by atoms with Gasteiger partial charge in [-0.2, -0.15) is 0 Å². The molecule has 1 aromatic heterocycles. The van der Waals surface area contributed by atoms with E-state index in [1.165, 1.54) is 0 Å². The van der Waals surface area contributed by atoms with E-state index in [1.807, 2.05) is 10.8 Å². The summed E-state index contributed by atoms with van der Waals surface area (Å²) in [6.45, 7) is 2.08. The molecule has 0 aromatic carbocycles. The Labute approximate surface area is 123 Å². The van der Waals surface area contributed by atoms with E-state index in [9.17, 15) is 9.59 Å². The monoisotopic (exact) mass is 291 g/mol. The SMILES string of the molecule is CCCC(CC(=O)NC1C=CC(C(=O)O)C1)n1ccnc1. The fourth-order valence-corrected chi connectivity index (χ4v) is 2.64. The van der Waals surface area contributed by atoms with Gasteiger partial charge >= 0.3 is 5.97 Å². The van der Waals surface area contributed by atoms with Crippen LogP contribution in [0.5, 0.6) is 0 Å². The fourth-order valence-electron chi connectivity index (χ4n) is 2.64. The lowest BCUT2D eigenvalue weighted by Crippen LogP contribution is -2.34. The van der Waals surface area contributed by atoms with Gasteiger partial charge in [0.25, 0.3) is 0 Å². The normalized spacial score (nSPS) is 22.1. The first-order chi connectivity index (χ1) is 10.1. The second-order valence-electron chi connectivity index (χ2n) is 5.40. The standard InChI is InChI=1S/C15H21N3O3/c1-2-3-13(18-7-6-16-10-18)9-14(19)17-12-5-4-11(8-12)15(20)21/h4-7,10-13H,2-3,8-9H2,1H3,(H,17,19)(H,20,21). The number of hydrogen-bond donors (Lipinski definition) is 2. The molecule has 0 spiro atoms. The Morgan fingerprint density at radius 1 is 1.48 bits per heavy atom. The van der Waals surface area contributed by atoms with Crippen molar-refractivity contribution < 1.29 is 14.7 Å². The predicted molar refractivity (Wildman–Crippen MR) is 77.6 cm³/mol. The van der Waals surface area contributed by atoms with Crippen LogP contribution in [0.3, 0.4) is 0 Å². The highest BCUT2D eigenvalue weighted by Crippen LogP contribution is 2.20. The molecule has 3 atom stereocenters. The molecule has 1 aliphatic carbocycles. The van der Waals surface area contributed by atoms with E-state index in [-0.39, 0.29) is 18.0 Å². The van der Waals surface area contributed by atoms with E-state index in [4.69, 9.17) is 5.11 Å². The molecule has 0 saturated carbocycles. The molecule has 3 unspecified atom stereocenters.